The molecule has 2 rings (SSSR count). The van der Waals surface area contributed by atoms with E-state index in [9.17, 15) is 14.4 Å². The second kappa shape index (κ2) is 5.45. The number of anilines is 1. The third-order valence-electron chi connectivity index (χ3n) is 1.70. The minimum atomic E-state index is -0.467. The van der Waals surface area contributed by atoms with E-state index in [1.807, 2.05) is 0 Å². The van der Waals surface area contributed by atoms with E-state index in [-0.39, 0.29) is 5.56 Å². The zero-order valence-corrected chi connectivity index (χ0v) is 8.98. The summed E-state index contributed by atoms with van der Waals surface area (Å²) in [6, 6.07) is 1.52. The Labute approximate surface area is 94.6 Å². The van der Waals surface area contributed by atoms with Gasteiger partial charge in [0.25, 0.3) is 5.56 Å². The maximum Gasteiger partial charge on any atom is 0.346 e. The highest BCUT2D eigenvalue weighted by molar-refractivity contribution is 5.22. The summed E-state index contributed by atoms with van der Waals surface area (Å²) in [5.74, 6) is 0.338. The number of nitrogens with zero attached hydrogens (tertiary/aromatic N) is 1. The van der Waals surface area contributed by atoms with Gasteiger partial charge in [-0.2, -0.15) is 0 Å². The van der Waals surface area contributed by atoms with Crippen LogP contribution in [0.15, 0.2) is 32.8 Å². The summed E-state index contributed by atoms with van der Waals surface area (Å²) in [5, 5.41) is 0. The summed E-state index contributed by atoms with van der Waals surface area (Å²) in [4.78, 5) is 41.2. The average Bonchev–Trinajstić information content (AvgIpc) is 2.24. The van der Waals surface area contributed by atoms with Crippen LogP contribution >= 0.6 is 0 Å². The van der Waals surface area contributed by atoms with Crippen LogP contribution in [0.3, 0.4) is 0 Å². The van der Waals surface area contributed by atoms with E-state index in [2.05, 4.69) is 19.9 Å². The standard InChI is InChI=1S/C5H6N2O2.C4H5N3O/c1-3-2-6-5(9)7-4(3)8;5-3-1-2-6-4(8)7-3/h2H,1H3,(H2,6,7,8,9);1-2H,(H3,5,6,7,8). The first-order valence-electron chi connectivity index (χ1n) is 4.58. The Balaban J connectivity index is 0.000000171. The summed E-state index contributed by atoms with van der Waals surface area (Å²) >= 11 is 0. The number of rotatable bonds is 0. The van der Waals surface area contributed by atoms with E-state index in [1.54, 1.807) is 6.92 Å². The molecule has 0 aromatic carbocycles. The Bertz CT molecular complexity index is 654. The largest absolute Gasteiger partial charge is 0.385 e. The predicted molar refractivity (Wildman–Crippen MR) is 61.7 cm³/mol. The third-order valence-corrected chi connectivity index (χ3v) is 1.70. The number of nitrogens with one attached hydrogen (secondary N) is 3. The monoisotopic (exact) mass is 237 g/mol. The van der Waals surface area contributed by atoms with Gasteiger partial charge in [0, 0.05) is 18.0 Å². The molecule has 0 aliphatic rings. The molecule has 17 heavy (non-hydrogen) atoms. The highest BCUT2D eigenvalue weighted by Gasteiger charge is 1.88. The minimum absolute atomic E-state index is 0.334. The van der Waals surface area contributed by atoms with Crippen LogP contribution in [0.5, 0.6) is 0 Å². The van der Waals surface area contributed by atoms with Crippen LogP contribution in [0.2, 0.25) is 0 Å². The molecule has 0 fully saturated rings. The van der Waals surface area contributed by atoms with Crippen LogP contribution in [0.4, 0.5) is 5.82 Å². The summed E-state index contributed by atoms with van der Waals surface area (Å²) in [5.41, 5.74) is 4.46. The molecule has 0 radical (unpaired) electrons. The van der Waals surface area contributed by atoms with E-state index in [0.29, 0.717) is 11.4 Å². The molecule has 0 atom stereocenters. The topological polar surface area (TPSA) is 137 Å². The Kier molecular flexibility index (Phi) is 3.98. The van der Waals surface area contributed by atoms with Crippen molar-refractivity contribution in [2.75, 3.05) is 5.73 Å². The molecule has 0 bridgehead atoms. The molecule has 8 heteroatoms. The quantitative estimate of drug-likeness (QED) is 0.452. The van der Waals surface area contributed by atoms with Crippen molar-refractivity contribution < 1.29 is 0 Å². The van der Waals surface area contributed by atoms with Crippen LogP contribution in [0, 0.1) is 6.92 Å². The van der Waals surface area contributed by atoms with Crippen molar-refractivity contribution in [3.8, 4) is 0 Å². The number of hydrogen-bond donors (Lipinski definition) is 4. The second-order valence-electron chi connectivity index (χ2n) is 3.09. The van der Waals surface area contributed by atoms with Gasteiger partial charge in [0.2, 0.25) is 0 Å². The number of nitrogens with two attached hydrogens (primary N) is 1. The number of H-pyrrole nitrogens is 3. The Morgan fingerprint density at radius 3 is 2.35 bits per heavy atom. The summed E-state index contributed by atoms with van der Waals surface area (Å²) in [6.07, 6.45) is 2.73. The zero-order chi connectivity index (χ0) is 12.8. The lowest BCUT2D eigenvalue weighted by atomic mass is 10.4. The average molecular weight is 237 g/mol. The zero-order valence-electron chi connectivity index (χ0n) is 8.98. The molecule has 0 amide bonds. The first-order valence-corrected chi connectivity index (χ1v) is 4.58. The molecule has 2 aromatic heterocycles. The van der Waals surface area contributed by atoms with Gasteiger partial charge >= 0.3 is 11.4 Å². The molecule has 0 aliphatic heterocycles. The summed E-state index contributed by atoms with van der Waals surface area (Å²) in [7, 11) is 0. The van der Waals surface area contributed by atoms with Crippen molar-refractivity contribution >= 4 is 5.82 Å². The molecule has 2 aromatic rings. The van der Waals surface area contributed by atoms with Gasteiger partial charge in [-0.15, -0.1) is 0 Å². The molecule has 2 heterocycles. The van der Waals surface area contributed by atoms with Gasteiger partial charge < -0.3 is 10.7 Å². The number of aromatic nitrogens is 4. The lowest BCUT2D eigenvalue weighted by Crippen LogP contribution is -2.22. The molecular formula is C9H11N5O3. The maximum atomic E-state index is 10.6. The number of hydrogen-bond acceptors (Lipinski definition) is 5. The van der Waals surface area contributed by atoms with Crippen molar-refractivity contribution in [1.82, 2.24) is 19.9 Å². The van der Waals surface area contributed by atoms with Gasteiger partial charge in [0.15, 0.2) is 0 Å². The van der Waals surface area contributed by atoms with E-state index in [0.717, 1.165) is 0 Å². The maximum absolute atomic E-state index is 10.6. The van der Waals surface area contributed by atoms with Crippen molar-refractivity contribution in [1.29, 1.82) is 0 Å². The third kappa shape index (κ3) is 4.16. The number of aryl methyl sites for hydroxylation is 1. The highest BCUT2D eigenvalue weighted by atomic mass is 16.2. The molecular weight excluding hydrogens is 226 g/mol. The normalized spacial score (nSPS) is 9.24. The molecule has 8 nitrogen and oxygen atoms in total. The molecule has 0 unspecified atom stereocenters. The fourth-order valence-electron chi connectivity index (χ4n) is 0.860. The predicted octanol–water partition coefficient (Wildman–Crippen LogP) is -1.28. The van der Waals surface area contributed by atoms with Gasteiger partial charge in [-0.05, 0) is 13.0 Å². The van der Waals surface area contributed by atoms with Gasteiger partial charge in [0.05, 0.1) is 0 Å². The lowest BCUT2D eigenvalue weighted by Gasteiger charge is -1.84. The number of nitrogen functional groups attached to an aromatic ring is 1. The van der Waals surface area contributed by atoms with Gasteiger partial charge in [-0.1, -0.05) is 0 Å². The Morgan fingerprint density at radius 1 is 1.24 bits per heavy atom. The fraction of sp³-hybridized carbons (Fsp3) is 0.111. The van der Waals surface area contributed by atoms with Crippen molar-refractivity contribution in [2.45, 2.75) is 6.92 Å². The van der Waals surface area contributed by atoms with Crippen molar-refractivity contribution in [3.63, 3.8) is 0 Å². The molecule has 0 aliphatic carbocycles. The van der Waals surface area contributed by atoms with Gasteiger partial charge in [-0.3, -0.25) is 14.8 Å². The second-order valence-corrected chi connectivity index (χ2v) is 3.09. The number of aromatic amines is 3. The van der Waals surface area contributed by atoms with E-state index < -0.39 is 11.4 Å². The van der Waals surface area contributed by atoms with E-state index >= 15 is 0 Å². The summed E-state index contributed by atoms with van der Waals surface area (Å²) in [6.45, 7) is 1.62. The van der Waals surface area contributed by atoms with E-state index in [4.69, 9.17) is 5.73 Å². The fourth-order valence-corrected chi connectivity index (χ4v) is 0.860. The van der Waals surface area contributed by atoms with Gasteiger partial charge in [0.1, 0.15) is 5.82 Å². The Morgan fingerprint density at radius 2 is 1.94 bits per heavy atom. The van der Waals surface area contributed by atoms with Crippen molar-refractivity contribution in [2.24, 2.45) is 0 Å². The molecule has 0 spiro atoms. The van der Waals surface area contributed by atoms with E-state index in [1.165, 1.54) is 18.5 Å². The van der Waals surface area contributed by atoms with Gasteiger partial charge in [-0.25, -0.2) is 14.6 Å². The molecule has 90 valence electrons. The summed E-state index contributed by atoms with van der Waals surface area (Å²) < 4.78 is 0. The van der Waals surface area contributed by atoms with Crippen LogP contribution < -0.4 is 22.7 Å². The van der Waals surface area contributed by atoms with Crippen LogP contribution in [0.1, 0.15) is 5.56 Å². The highest BCUT2D eigenvalue weighted by Crippen LogP contribution is 1.82. The first kappa shape index (κ1) is 12.4. The van der Waals surface area contributed by atoms with Crippen LogP contribution in [-0.2, 0) is 0 Å². The smallest absolute Gasteiger partial charge is 0.346 e. The van der Waals surface area contributed by atoms with Crippen LogP contribution in [0.25, 0.3) is 0 Å². The minimum Gasteiger partial charge on any atom is -0.385 e. The SMILES string of the molecule is Cc1c[nH]c(=O)[nH]c1=O.Nc1ccnc(=O)[nH]1. The molecule has 0 saturated carbocycles. The van der Waals surface area contributed by atoms with Crippen LogP contribution in [-0.4, -0.2) is 19.9 Å². The first-order chi connectivity index (χ1) is 7.99. The molecule has 0 saturated heterocycles. The van der Waals surface area contributed by atoms with Crippen molar-refractivity contribution in [3.05, 3.63) is 55.3 Å². The Hall–Kier alpha value is -2.64. The lowest BCUT2D eigenvalue weighted by molar-refractivity contribution is 1.01. The molecule has 5 N–H and O–H groups in total.